The van der Waals surface area contributed by atoms with E-state index in [0.29, 0.717) is 45.8 Å². The van der Waals surface area contributed by atoms with E-state index in [0.717, 1.165) is 27.7 Å². The first-order valence-corrected chi connectivity index (χ1v) is 15.6. The van der Waals surface area contributed by atoms with Crippen LogP contribution < -0.4 is 14.8 Å². The summed E-state index contributed by atoms with van der Waals surface area (Å²) < 4.78 is 93.2. The molecule has 0 radical (unpaired) electrons. The van der Waals surface area contributed by atoms with Crippen molar-refractivity contribution in [3.63, 3.8) is 0 Å². The Kier molecular flexibility index (Phi) is 9.26. The fraction of sp³-hybridized carbons (Fsp3) is 0.143. The lowest BCUT2D eigenvalue weighted by Gasteiger charge is -2.15. The number of rotatable bonds is 9. The van der Waals surface area contributed by atoms with Crippen LogP contribution in [0.4, 0.5) is 26.3 Å². The fourth-order valence-electron chi connectivity index (χ4n) is 5.05. The summed E-state index contributed by atoms with van der Waals surface area (Å²) in [7, 11) is 0. The van der Waals surface area contributed by atoms with Crippen LogP contribution in [0.1, 0.15) is 33.5 Å². The van der Waals surface area contributed by atoms with Crippen LogP contribution in [0.25, 0.3) is 17.0 Å². The van der Waals surface area contributed by atoms with E-state index in [-0.39, 0.29) is 18.6 Å². The van der Waals surface area contributed by atoms with Crippen LogP contribution in [0.5, 0.6) is 11.5 Å². The Labute approximate surface area is 280 Å². The van der Waals surface area contributed by atoms with E-state index in [1.165, 1.54) is 11.8 Å². The number of nitrogens with one attached hydrogen (secondary N) is 1. The van der Waals surface area contributed by atoms with Crippen LogP contribution in [0.15, 0.2) is 102 Å². The molecule has 5 nitrogen and oxygen atoms in total. The molecule has 5 aromatic rings. The smallest absolute Gasteiger partial charge is 0.416 e. The molecule has 1 aromatic heterocycles. The quantitative estimate of drug-likeness (QED) is 0.0945. The third-order valence-electron chi connectivity index (χ3n) is 7.40. The van der Waals surface area contributed by atoms with Gasteiger partial charge >= 0.3 is 12.4 Å². The van der Waals surface area contributed by atoms with Crippen molar-refractivity contribution >= 4 is 51.2 Å². The first kappa shape index (κ1) is 33.2. The fourth-order valence-corrected chi connectivity index (χ4v) is 6.08. The molecule has 0 spiro atoms. The number of fused-ring (bicyclic) bond motifs is 1. The zero-order valence-corrected chi connectivity index (χ0v) is 26.3. The van der Waals surface area contributed by atoms with E-state index in [2.05, 4.69) is 5.32 Å². The maximum Gasteiger partial charge on any atom is 0.416 e. The van der Waals surface area contributed by atoms with Gasteiger partial charge in [-0.2, -0.15) is 26.3 Å². The van der Waals surface area contributed by atoms with Crippen molar-refractivity contribution in [1.82, 2.24) is 9.88 Å². The van der Waals surface area contributed by atoms with Gasteiger partial charge in [0.1, 0.15) is 29.0 Å². The van der Waals surface area contributed by atoms with E-state index in [1.54, 1.807) is 30.3 Å². The average Bonchev–Trinajstić information content (AvgIpc) is 3.55. The molecule has 1 aliphatic heterocycles. The zero-order valence-electron chi connectivity index (χ0n) is 24.7. The normalized spacial score (nSPS) is 14.5. The van der Waals surface area contributed by atoms with Gasteiger partial charge in [0, 0.05) is 23.1 Å². The lowest BCUT2D eigenvalue weighted by atomic mass is 10.1. The van der Waals surface area contributed by atoms with Crippen LogP contribution in [0, 0.1) is 0 Å². The van der Waals surface area contributed by atoms with E-state index in [1.807, 2.05) is 59.2 Å². The number of ether oxygens (including phenoxy) is 2. The number of halogens is 6. The number of benzene rings is 4. The van der Waals surface area contributed by atoms with Crippen molar-refractivity contribution in [2.75, 3.05) is 0 Å². The number of thioether (sulfide) groups is 1. The number of carbonyl (C=O) groups excluding carboxylic acids is 1. The Bertz CT molecular complexity index is 1990. The van der Waals surface area contributed by atoms with E-state index in [4.69, 9.17) is 21.7 Å². The molecule has 1 N–H and O–H groups in total. The third kappa shape index (κ3) is 7.85. The number of hydrogen-bond donors (Lipinski definition) is 1. The Hall–Kier alpha value is -4.75. The summed E-state index contributed by atoms with van der Waals surface area (Å²) in [4.78, 5) is 12.9. The predicted octanol–water partition coefficient (Wildman–Crippen LogP) is 9.37. The van der Waals surface area contributed by atoms with Crippen LogP contribution in [-0.2, 0) is 36.9 Å². The molecule has 1 aliphatic rings. The first-order valence-electron chi connectivity index (χ1n) is 14.4. The standard InChI is InChI=1S/C35H24F6N2O3S2/c36-34(37,38)25-14-26(35(39,40)41)16-29(15-25)46-20-23-8-6-21(7-9-23)18-43-27(17-31-32(44)42-33(47)48-31)12-24-13-28(10-11-30(24)43)45-19-22-4-2-1-3-5-22/h1-17H,18-20H2,(H,42,44,47)/b31-17+. The summed E-state index contributed by atoms with van der Waals surface area (Å²) in [6.07, 6.45) is -8.18. The molecule has 2 heterocycles. The van der Waals surface area contributed by atoms with Gasteiger partial charge in [-0.25, -0.2) is 0 Å². The second-order valence-electron chi connectivity index (χ2n) is 10.8. The summed E-state index contributed by atoms with van der Waals surface area (Å²) in [6.45, 7) is 0.527. The predicted molar refractivity (Wildman–Crippen MR) is 175 cm³/mol. The SMILES string of the molecule is O=C1NC(=S)S/C1=C/c1cc2cc(OCc3ccccc3)ccc2n1Cc1ccc(COc2cc(C(F)(F)F)cc(C(F)(F)F)c2)cc1. The summed E-state index contributed by atoms with van der Waals surface area (Å²) >= 11 is 6.31. The van der Waals surface area contributed by atoms with Crippen LogP contribution in [0.3, 0.4) is 0 Å². The van der Waals surface area contributed by atoms with Crippen molar-refractivity contribution in [3.8, 4) is 11.5 Å². The third-order valence-corrected chi connectivity index (χ3v) is 8.57. The molecule has 0 atom stereocenters. The van der Waals surface area contributed by atoms with Gasteiger partial charge in [0.05, 0.1) is 16.0 Å². The molecular formula is C35H24F6N2O3S2. The number of carbonyl (C=O) groups is 1. The minimum atomic E-state index is -4.97. The Morgan fingerprint density at radius 1 is 0.729 bits per heavy atom. The molecule has 1 amide bonds. The van der Waals surface area contributed by atoms with E-state index >= 15 is 0 Å². The van der Waals surface area contributed by atoms with Gasteiger partial charge in [0.25, 0.3) is 5.91 Å². The van der Waals surface area contributed by atoms with Crippen molar-refractivity contribution in [1.29, 1.82) is 0 Å². The molecule has 0 aliphatic carbocycles. The van der Waals surface area contributed by atoms with E-state index < -0.39 is 29.2 Å². The average molecular weight is 699 g/mol. The molecule has 1 saturated heterocycles. The molecule has 0 bridgehead atoms. The van der Waals surface area contributed by atoms with Gasteiger partial charge in [0.2, 0.25) is 0 Å². The van der Waals surface area contributed by atoms with E-state index in [9.17, 15) is 31.1 Å². The van der Waals surface area contributed by atoms with Crippen molar-refractivity contribution in [3.05, 3.63) is 135 Å². The molecule has 6 rings (SSSR count). The molecular weight excluding hydrogens is 675 g/mol. The minimum absolute atomic E-state index is 0.0570. The number of nitrogens with zero attached hydrogens (tertiary/aromatic N) is 1. The van der Waals surface area contributed by atoms with Gasteiger partial charge in [-0.1, -0.05) is 78.6 Å². The molecule has 0 unspecified atom stereocenters. The maximum absolute atomic E-state index is 13.2. The maximum atomic E-state index is 13.2. The molecule has 4 aromatic carbocycles. The summed E-state index contributed by atoms with van der Waals surface area (Å²) in [6, 6.07) is 25.5. The minimum Gasteiger partial charge on any atom is -0.489 e. The van der Waals surface area contributed by atoms with Crippen LogP contribution >= 0.6 is 24.0 Å². The Morgan fingerprint density at radius 3 is 1.94 bits per heavy atom. The molecule has 246 valence electrons. The Balaban J connectivity index is 1.23. The van der Waals surface area contributed by atoms with Crippen LogP contribution in [0.2, 0.25) is 0 Å². The number of aromatic nitrogens is 1. The summed E-state index contributed by atoms with van der Waals surface area (Å²) in [5.41, 5.74) is 1.13. The lowest BCUT2D eigenvalue weighted by Crippen LogP contribution is -2.17. The highest BCUT2D eigenvalue weighted by atomic mass is 32.2. The van der Waals surface area contributed by atoms with Crippen molar-refractivity contribution < 1.29 is 40.6 Å². The first-order chi connectivity index (χ1) is 22.8. The molecule has 1 fully saturated rings. The van der Waals surface area contributed by atoms with Gasteiger partial charge < -0.3 is 19.4 Å². The lowest BCUT2D eigenvalue weighted by molar-refractivity contribution is -0.143. The summed E-state index contributed by atoms with van der Waals surface area (Å²) in [5.74, 6) is -0.163. The van der Waals surface area contributed by atoms with Crippen molar-refractivity contribution in [2.24, 2.45) is 0 Å². The number of alkyl halides is 6. The van der Waals surface area contributed by atoms with Crippen molar-refractivity contribution in [2.45, 2.75) is 32.1 Å². The molecule has 48 heavy (non-hydrogen) atoms. The second-order valence-corrected chi connectivity index (χ2v) is 12.6. The number of hydrogen-bond acceptors (Lipinski definition) is 5. The van der Waals surface area contributed by atoms with Gasteiger partial charge in [0.15, 0.2) is 0 Å². The van der Waals surface area contributed by atoms with Gasteiger partial charge in [-0.3, -0.25) is 4.79 Å². The highest BCUT2D eigenvalue weighted by molar-refractivity contribution is 8.26. The number of amides is 1. The highest BCUT2D eigenvalue weighted by Crippen LogP contribution is 2.38. The van der Waals surface area contributed by atoms with Crippen LogP contribution in [-0.4, -0.2) is 14.8 Å². The highest BCUT2D eigenvalue weighted by Gasteiger charge is 2.37. The molecule has 0 saturated carbocycles. The number of thiocarbonyl (C=S) groups is 1. The second kappa shape index (κ2) is 13.4. The zero-order chi connectivity index (χ0) is 34.1. The van der Waals surface area contributed by atoms with Gasteiger partial charge in [-0.05, 0) is 65.2 Å². The van der Waals surface area contributed by atoms with Gasteiger partial charge in [-0.15, -0.1) is 0 Å². The molecule has 13 heteroatoms. The Morgan fingerprint density at radius 2 is 1.33 bits per heavy atom. The largest absolute Gasteiger partial charge is 0.489 e. The topological polar surface area (TPSA) is 52.5 Å². The summed E-state index contributed by atoms with van der Waals surface area (Å²) in [5, 5.41) is 3.49. The monoisotopic (exact) mass is 698 g/mol.